The molecule has 0 radical (unpaired) electrons. The fraction of sp³-hybridized carbons (Fsp3) is 0.600. The number of carboxylic acids is 1. The Balaban J connectivity index is 2.92. The summed E-state index contributed by atoms with van der Waals surface area (Å²) in [5.41, 5.74) is -2.16. The monoisotopic (exact) mass is 355 g/mol. The molecule has 0 unspecified atom stereocenters. The zero-order valence-corrected chi connectivity index (χ0v) is 13.0. The summed E-state index contributed by atoms with van der Waals surface area (Å²) in [6.45, 7) is 2.00. The highest BCUT2D eigenvalue weighted by atomic mass is 19.4. The van der Waals surface area contributed by atoms with Gasteiger partial charge in [0.2, 0.25) is 5.88 Å². The van der Waals surface area contributed by atoms with E-state index in [1.165, 1.54) is 0 Å². The normalized spacial score (nSPS) is 12.2. The SMILES string of the molecule is CCCCCCCOc1nc(C(F)(F)C(F)(F)F)ccc1C(=O)O. The van der Waals surface area contributed by atoms with Crippen LogP contribution in [0.2, 0.25) is 0 Å². The van der Waals surface area contributed by atoms with Gasteiger partial charge in [-0.2, -0.15) is 22.0 Å². The molecule has 1 N–H and O–H groups in total. The molecule has 0 aromatic carbocycles. The standard InChI is InChI=1S/C15H18F5NO3/c1-2-3-4-5-6-9-24-12-10(13(22)23)7-8-11(21-12)14(16,17)15(18,19)20/h7-8H,2-6,9H2,1H3,(H,22,23). The first-order valence-corrected chi connectivity index (χ1v) is 7.43. The number of hydrogen-bond acceptors (Lipinski definition) is 3. The molecule has 0 atom stereocenters. The topological polar surface area (TPSA) is 59.4 Å². The van der Waals surface area contributed by atoms with Crippen LogP contribution in [0.3, 0.4) is 0 Å². The fourth-order valence-electron chi connectivity index (χ4n) is 1.91. The molecule has 1 aromatic heterocycles. The van der Waals surface area contributed by atoms with Gasteiger partial charge in [-0.05, 0) is 18.6 Å². The molecule has 0 aliphatic heterocycles. The highest BCUT2D eigenvalue weighted by Gasteiger charge is 2.60. The van der Waals surface area contributed by atoms with E-state index in [0.717, 1.165) is 25.7 Å². The number of carbonyl (C=O) groups is 1. The smallest absolute Gasteiger partial charge is 0.459 e. The summed E-state index contributed by atoms with van der Waals surface area (Å²) in [7, 11) is 0. The Hall–Kier alpha value is -1.93. The summed E-state index contributed by atoms with van der Waals surface area (Å²) in [6.07, 6.45) is -1.60. The van der Waals surface area contributed by atoms with Crippen LogP contribution in [0.1, 0.15) is 55.1 Å². The van der Waals surface area contributed by atoms with E-state index >= 15 is 0 Å². The van der Waals surface area contributed by atoms with Gasteiger partial charge in [0.25, 0.3) is 0 Å². The van der Waals surface area contributed by atoms with E-state index in [2.05, 4.69) is 4.98 Å². The van der Waals surface area contributed by atoms with Crippen LogP contribution in [-0.2, 0) is 5.92 Å². The summed E-state index contributed by atoms with van der Waals surface area (Å²) in [6, 6.07) is 0.974. The first kappa shape index (κ1) is 20.1. The molecular formula is C15H18F5NO3. The predicted octanol–water partition coefficient (Wildman–Crippen LogP) is 4.78. The minimum Gasteiger partial charge on any atom is -0.477 e. The molecule has 1 heterocycles. The minimum absolute atomic E-state index is 0.0158. The third-order valence-corrected chi connectivity index (χ3v) is 3.26. The number of halogens is 5. The van der Waals surface area contributed by atoms with Crippen LogP contribution in [-0.4, -0.2) is 28.8 Å². The lowest BCUT2D eigenvalue weighted by Crippen LogP contribution is -2.34. The van der Waals surface area contributed by atoms with Crippen molar-refractivity contribution in [2.75, 3.05) is 6.61 Å². The number of aromatic nitrogens is 1. The van der Waals surface area contributed by atoms with Gasteiger partial charge in [0.05, 0.1) is 6.61 Å². The number of unbranched alkanes of at least 4 members (excludes halogenated alkanes) is 4. The highest BCUT2D eigenvalue weighted by Crippen LogP contribution is 2.43. The van der Waals surface area contributed by atoms with Crippen molar-refractivity contribution in [2.24, 2.45) is 0 Å². The van der Waals surface area contributed by atoms with Crippen LogP contribution < -0.4 is 4.74 Å². The molecule has 1 aromatic rings. The number of hydrogen-bond donors (Lipinski definition) is 1. The van der Waals surface area contributed by atoms with Crippen LogP contribution >= 0.6 is 0 Å². The third kappa shape index (κ3) is 5.04. The Morgan fingerprint density at radius 3 is 2.29 bits per heavy atom. The van der Waals surface area contributed by atoms with Crippen LogP contribution in [0.5, 0.6) is 5.88 Å². The second kappa shape index (κ2) is 8.25. The quantitative estimate of drug-likeness (QED) is 0.511. The lowest BCUT2D eigenvalue weighted by Gasteiger charge is -2.20. The molecular weight excluding hydrogens is 337 g/mol. The molecule has 0 aliphatic rings. The van der Waals surface area contributed by atoms with Crippen molar-refractivity contribution in [3.8, 4) is 5.88 Å². The molecule has 0 bridgehead atoms. The van der Waals surface area contributed by atoms with E-state index in [1.807, 2.05) is 6.92 Å². The van der Waals surface area contributed by atoms with Gasteiger partial charge in [-0.15, -0.1) is 0 Å². The van der Waals surface area contributed by atoms with E-state index in [-0.39, 0.29) is 6.61 Å². The summed E-state index contributed by atoms with van der Waals surface area (Å²) >= 11 is 0. The fourth-order valence-corrected chi connectivity index (χ4v) is 1.91. The van der Waals surface area contributed by atoms with Crippen molar-refractivity contribution >= 4 is 5.97 Å². The van der Waals surface area contributed by atoms with Crippen molar-refractivity contribution in [1.82, 2.24) is 4.98 Å². The van der Waals surface area contributed by atoms with Gasteiger partial charge in [0, 0.05) is 0 Å². The molecule has 0 fully saturated rings. The summed E-state index contributed by atoms with van der Waals surface area (Å²) < 4.78 is 68.8. The van der Waals surface area contributed by atoms with Crippen LogP contribution in [0.4, 0.5) is 22.0 Å². The van der Waals surface area contributed by atoms with Crippen molar-refractivity contribution in [1.29, 1.82) is 0 Å². The molecule has 9 heteroatoms. The van der Waals surface area contributed by atoms with E-state index in [4.69, 9.17) is 9.84 Å². The maximum atomic E-state index is 13.3. The molecule has 1 rings (SSSR count). The summed E-state index contributed by atoms with van der Waals surface area (Å²) in [5, 5.41) is 8.96. The van der Waals surface area contributed by atoms with Crippen LogP contribution in [0, 0.1) is 0 Å². The van der Waals surface area contributed by atoms with Crippen molar-refractivity contribution in [2.45, 2.75) is 51.1 Å². The zero-order valence-electron chi connectivity index (χ0n) is 13.0. The average molecular weight is 355 g/mol. The van der Waals surface area contributed by atoms with Gasteiger partial charge in [-0.3, -0.25) is 0 Å². The second-order valence-corrected chi connectivity index (χ2v) is 5.19. The zero-order chi connectivity index (χ0) is 18.4. The number of alkyl halides is 5. The van der Waals surface area contributed by atoms with Crippen molar-refractivity contribution < 1.29 is 36.6 Å². The van der Waals surface area contributed by atoms with Gasteiger partial charge in [0.1, 0.15) is 11.3 Å². The minimum atomic E-state index is -5.83. The average Bonchev–Trinajstić information content (AvgIpc) is 2.49. The highest BCUT2D eigenvalue weighted by molar-refractivity contribution is 5.90. The Morgan fingerprint density at radius 1 is 1.12 bits per heavy atom. The lowest BCUT2D eigenvalue weighted by atomic mass is 10.1. The number of pyridine rings is 1. The van der Waals surface area contributed by atoms with E-state index in [1.54, 1.807) is 0 Å². The first-order chi connectivity index (χ1) is 11.1. The number of ether oxygens (including phenoxy) is 1. The number of nitrogens with zero attached hydrogens (tertiary/aromatic N) is 1. The predicted molar refractivity (Wildman–Crippen MR) is 75.4 cm³/mol. The number of rotatable bonds is 9. The summed E-state index contributed by atoms with van der Waals surface area (Å²) in [5.74, 6) is -7.45. The van der Waals surface area contributed by atoms with E-state index in [0.29, 0.717) is 18.6 Å². The van der Waals surface area contributed by atoms with Gasteiger partial charge in [-0.25, -0.2) is 9.78 Å². The maximum absolute atomic E-state index is 13.3. The molecule has 0 saturated heterocycles. The van der Waals surface area contributed by atoms with Crippen LogP contribution in [0.15, 0.2) is 12.1 Å². The first-order valence-electron chi connectivity index (χ1n) is 7.43. The van der Waals surface area contributed by atoms with E-state index in [9.17, 15) is 26.7 Å². The van der Waals surface area contributed by atoms with Gasteiger partial charge < -0.3 is 9.84 Å². The summed E-state index contributed by atoms with van der Waals surface area (Å²) in [4.78, 5) is 14.1. The van der Waals surface area contributed by atoms with E-state index < -0.39 is 35.2 Å². The Labute approximate surface area is 135 Å². The van der Waals surface area contributed by atoms with Gasteiger partial charge in [-0.1, -0.05) is 32.6 Å². The van der Waals surface area contributed by atoms with Crippen LogP contribution in [0.25, 0.3) is 0 Å². The third-order valence-electron chi connectivity index (χ3n) is 3.26. The lowest BCUT2D eigenvalue weighted by molar-refractivity contribution is -0.291. The second-order valence-electron chi connectivity index (χ2n) is 5.19. The molecule has 4 nitrogen and oxygen atoms in total. The Morgan fingerprint density at radius 2 is 1.75 bits per heavy atom. The molecule has 136 valence electrons. The van der Waals surface area contributed by atoms with Gasteiger partial charge in [0.15, 0.2) is 0 Å². The molecule has 0 spiro atoms. The Kier molecular flexibility index (Phi) is 6.92. The van der Waals surface area contributed by atoms with Crippen molar-refractivity contribution in [3.63, 3.8) is 0 Å². The molecule has 0 aliphatic carbocycles. The maximum Gasteiger partial charge on any atom is 0.459 e. The molecule has 0 saturated carbocycles. The van der Waals surface area contributed by atoms with Crippen molar-refractivity contribution in [3.05, 3.63) is 23.4 Å². The molecule has 24 heavy (non-hydrogen) atoms. The number of carboxylic acid groups (broad SMARTS) is 1. The Bertz CT molecular complexity index is 561. The number of aromatic carboxylic acids is 1. The van der Waals surface area contributed by atoms with Gasteiger partial charge >= 0.3 is 18.1 Å². The largest absolute Gasteiger partial charge is 0.477 e. The molecule has 0 amide bonds.